The van der Waals surface area contributed by atoms with Gasteiger partial charge in [0.1, 0.15) is 17.5 Å². The van der Waals surface area contributed by atoms with Gasteiger partial charge >= 0.3 is 0 Å². The number of nitrogens with zero attached hydrogens (tertiary/aromatic N) is 3. The van der Waals surface area contributed by atoms with Crippen LogP contribution in [0.25, 0.3) is 11.1 Å². The monoisotopic (exact) mass is 296 g/mol. The van der Waals surface area contributed by atoms with Crippen molar-refractivity contribution in [1.82, 2.24) is 4.98 Å². The summed E-state index contributed by atoms with van der Waals surface area (Å²) < 4.78 is 0. The summed E-state index contributed by atoms with van der Waals surface area (Å²) in [6.07, 6.45) is 1.60. The van der Waals surface area contributed by atoms with E-state index in [0.29, 0.717) is 11.1 Å². The maximum Gasteiger partial charge on any atom is 0.270 e. The Morgan fingerprint density at radius 3 is 2.77 bits per heavy atom. The van der Waals surface area contributed by atoms with Crippen LogP contribution in [0.5, 0.6) is 0 Å². The van der Waals surface area contributed by atoms with Gasteiger partial charge in [0.05, 0.1) is 4.92 Å². The molecule has 0 bridgehead atoms. The molecule has 0 saturated heterocycles. The number of nitro groups is 1. The number of aryl methyl sites for hydroxylation is 1. The van der Waals surface area contributed by atoms with Crippen LogP contribution in [0.4, 0.5) is 11.5 Å². The lowest BCUT2D eigenvalue weighted by Crippen LogP contribution is -2.05. The molecule has 0 aliphatic rings. The Labute approximate surface area is 128 Å². The van der Waals surface area contributed by atoms with E-state index >= 15 is 0 Å². The Morgan fingerprint density at radius 2 is 2.18 bits per heavy atom. The van der Waals surface area contributed by atoms with Gasteiger partial charge in [0.15, 0.2) is 0 Å². The molecule has 6 nitrogen and oxygen atoms in total. The fraction of sp³-hybridized carbons (Fsp3) is 0.250. The van der Waals surface area contributed by atoms with E-state index in [1.54, 1.807) is 12.1 Å². The molecule has 0 radical (unpaired) electrons. The normalized spacial score (nSPS) is 10.2. The number of nitrogen functional groups attached to an aromatic ring is 1. The van der Waals surface area contributed by atoms with Gasteiger partial charge in [0.2, 0.25) is 0 Å². The second-order valence-corrected chi connectivity index (χ2v) is 4.98. The number of nitrogens with two attached hydrogens (primary N) is 1. The van der Waals surface area contributed by atoms with E-state index in [1.807, 2.05) is 13.8 Å². The van der Waals surface area contributed by atoms with E-state index in [2.05, 4.69) is 11.1 Å². The van der Waals surface area contributed by atoms with Gasteiger partial charge in [0.25, 0.3) is 5.69 Å². The minimum atomic E-state index is -0.452. The zero-order valence-electron chi connectivity index (χ0n) is 12.5. The van der Waals surface area contributed by atoms with Gasteiger partial charge in [-0.1, -0.05) is 25.5 Å². The van der Waals surface area contributed by atoms with Gasteiger partial charge in [-0.2, -0.15) is 5.26 Å². The first-order chi connectivity index (χ1) is 10.5. The lowest BCUT2D eigenvalue weighted by Gasteiger charge is -2.15. The minimum absolute atomic E-state index is 0.0168. The lowest BCUT2D eigenvalue weighted by molar-refractivity contribution is -0.384. The molecule has 6 heteroatoms. The number of rotatable bonds is 4. The minimum Gasteiger partial charge on any atom is -0.383 e. The molecule has 0 spiro atoms. The highest BCUT2D eigenvalue weighted by atomic mass is 16.6. The lowest BCUT2D eigenvalue weighted by atomic mass is 9.92. The van der Waals surface area contributed by atoms with Crippen molar-refractivity contribution in [2.75, 3.05) is 5.73 Å². The molecule has 0 fully saturated rings. The van der Waals surface area contributed by atoms with Crippen LogP contribution in [-0.4, -0.2) is 9.91 Å². The molecule has 0 saturated carbocycles. The van der Waals surface area contributed by atoms with Gasteiger partial charge in [-0.05, 0) is 24.5 Å². The molecule has 0 aliphatic heterocycles. The number of hydrogen-bond donors (Lipinski definition) is 1. The smallest absolute Gasteiger partial charge is 0.270 e. The molecule has 22 heavy (non-hydrogen) atoms. The van der Waals surface area contributed by atoms with Crippen molar-refractivity contribution in [2.45, 2.75) is 26.7 Å². The molecule has 1 aromatic carbocycles. The van der Waals surface area contributed by atoms with Crippen molar-refractivity contribution in [3.05, 3.63) is 51.2 Å². The highest BCUT2D eigenvalue weighted by Gasteiger charge is 2.19. The summed E-state index contributed by atoms with van der Waals surface area (Å²) in [6, 6.07) is 8.33. The molecule has 112 valence electrons. The Bertz CT molecular complexity index is 778. The van der Waals surface area contributed by atoms with Gasteiger partial charge in [0, 0.05) is 23.4 Å². The highest BCUT2D eigenvalue weighted by Crippen LogP contribution is 2.34. The second-order valence-electron chi connectivity index (χ2n) is 4.98. The summed E-state index contributed by atoms with van der Waals surface area (Å²) in [6.45, 7) is 3.86. The molecular formula is C16H16N4O2. The fourth-order valence-corrected chi connectivity index (χ4v) is 2.53. The highest BCUT2D eigenvalue weighted by molar-refractivity contribution is 5.80. The van der Waals surface area contributed by atoms with Crippen LogP contribution in [0.15, 0.2) is 24.3 Å². The number of benzene rings is 1. The standard InChI is InChI=1S/C16H16N4O2/c1-3-5-13-10(2)19-16(18)14(9-17)15(13)11-6-4-7-12(8-11)20(21)22/h4,6-8H,3,5H2,1-2H3,(H2,18,19). The number of anilines is 1. The average Bonchev–Trinajstić information content (AvgIpc) is 2.49. The molecule has 0 aliphatic carbocycles. The van der Waals surface area contributed by atoms with Crippen molar-refractivity contribution in [2.24, 2.45) is 0 Å². The zero-order chi connectivity index (χ0) is 16.3. The molecule has 0 atom stereocenters. The molecule has 2 aromatic rings. The number of aromatic nitrogens is 1. The first-order valence-corrected chi connectivity index (χ1v) is 6.93. The summed E-state index contributed by atoms with van der Waals surface area (Å²) in [5, 5.41) is 20.4. The Hall–Kier alpha value is -2.94. The molecule has 2 N–H and O–H groups in total. The van der Waals surface area contributed by atoms with Crippen LogP contribution < -0.4 is 5.73 Å². The summed E-state index contributed by atoms with van der Waals surface area (Å²) in [5.74, 6) is 0.154. The summed E-state index contributed by atoms with van der Waals surface area (Å²) in [4.78, 5) is 14.8. The quantitative estimate of drug-likeness (QED) is 0.687. The van der Waals surface area contributed by atoms with E-state index < -0.39 is 4.92 Å². The zero-order valence-corrected chi connectivity index (χ0v) is 12.5. The molecule has 2 rings (SSSR count). The van der Waals surface area contributed by atoms with Crippen LogP contribution in [0.3, 0.4) is 0 Å². The second kappa shape index (κ2) is 6.22. The Morgan fingerprint density at radius 1 is 1.45 bits per heavy atom. The number of nitro benzene ring substituents is 1. The van der Waals surface area contributed by atoms with Gasteiger partial charge in [-0.3, -0.25) is 10.1 Å². The van der Waals surface area contributed by atoms with Crippen molar-refractivity contribution in [3.63, 3.8) is 0 Å². The summed E-state index contributed by atoms with van der Waals surface area (Å²) in [7, 11) is 0. The van der Waals surface area contributed by atoms with Crippen LogP contribution in [0.2, 0.25) is 0 Å². The van der Waals surface area contributed by atoms with E-state index in [0.717, 1.165) is 24.1 Å². The van der Waals surface area contributed by atoms with E-state index in [9.17, 15) is 15.4 Å². The maximum absolute atomic E-state index is 11.0. The molecular weight excluding hydrogens is 280 g/mol. The number of nitriles is 1. The first kappa shape index (κ1) is 15.4. The van der Waals surface area contributed by atoms with Crippen molar-refractivity contribution >= 4 is 11.5 Å². The van der Waals surface area contributed by atoms with Crippen molar-refractivity contribution in [3.8, 4) is 17.2 Å². The van der Waals surface area contributed by atoms with E-state index in [1.165, 1.54) is 12.1 Å². The predicted molar refractivity (Wildman–Crippen MR) is 84.2 cm³/mol. The van der Waals surface area contributed by atoms with Crippen LogP contribution in [0.1, 0.15) is 30.2 Å². The van der Waals surface area contributed by atoms with Crippen LogP contribution in [0, 0.1) is 28.4 Å². The number of hydrogen-bond acceptors (Lipinski definition) is 5. The third-order valence-electron chi connectivity index (χ3n) is 3.49. The van der Waals surface area contributed by atoms with Gasteiger partial charge in [-0.25, -0.2) is 4.98 Å². The third kappa shape index (κ3) is 2.74. The largest absolute Gasteiger partial charge is 0.383 e. The van der Waals surface area contributed by atoms with E-state index in [-0.39, 0.29) is 17.1 Å². The Balaban J connectivity index is 2.80. The number of non-ortho nitro benzene ring substituents is 1. The number of pyridine rings is 1. The molecule has 0 unspecified atom stereocenters. The predicted octanol–water partition coefficient (Wildman–Crippen LogP) is 3.37. The van der Waals surface area contributed by atoms with Crippen molar-refractivity contribution < 1.29 is 4.92 Å². The summed E-state index contributed by atoms with van der Waals surface area (Å²) in [5.41, 5.74) is 9.05. The molecule has 1 heterocycles. The van der Waals surface area contributed by atoms with Gasteiger partial charge in [-0.15, -0.1) is 0 Å². The van der Waals surface area contributed by atoms with Crippen LogP contribution in [-0.2, 0) is 6.42 Å². The van der Waals surface area contributed by atoms with Gasteiger partial charge < -0.3 is 5.73 Å². The van der Waals surface area contributed by atoms with Crippen molar-refractivity contribution in [1.29, 1.82) is 5.26 Å². The first-order valence-electron chi connectivity index (χ1n) is 6.93. The Kier molecular flexibility index (Phi) is 4.37. The topological polar surface area (TPSA) is 106 Å². The fourth-order valence-electron chi connectivity index (χ4n) is 2.53. The average molecular weight is 296 g/mol. The van der Waals surface area contributed by atoms with Crippen LogP contribution >= 0.6 is 0 Å². The molecule has 1 aromatic heterocycles. The maximum atomic E-state index is 11.0. The third-order valence-corrected chi connectivity index (χ3v) is 3.49. The van der Waals surface area contributed by atoms with E-state index in [4.69, 9.17) is 5.73 Å². The molecule has 0 amide bonds. The summed E-state index contributed by atoms with van der Waals surface area (Å²) >= 11 is 0. The SMILES string of the molecule is CCCc1c(C)nc(N)c(C#N)c1-c1cccc([N+](=O)[O-])c1.